The highest BCUT2D eigenvalue weighted by Gasteiger charge is 2.24. The Morgan fingerprint density at radius 1 is 1.29 bits per heavy atom. The van der Waals surface area contributed by atoms with Crippen molar-refractivity contribution in [2.75, 3.05) is 18.4 Å². The highest BCUT2D eigenvalue weighted by molar-refractivity contribution is 5.89. The molecular weight excluding hydrogens is 311 g/mol. The molecular formula is C17H19FN4O2. The number of rotatable bonds is 3. The van der Waals surface area contributed by atoms with Gasteiger partial charge in [0.15, 0.2) is 0 Å². The average Bonchev–Trinajstić information content (AvgIpc) is 2.57. The van der Waals surface area contributed by atoms with E-state index >= 15 is 0 Å². The van der Waals surface area contributed by atoms with Crippen LogP contribution in [0.15, 0.2) is 36.5 Å². The lowest BCUT2D eigenvalue weighted by Gasteiger charge is -2.32. The molecule has 6 nitrogen and oxygen atoms in total. The molecule has 0 atom stereocenters. The van der Waals surface area contributed by atoms with E-state index in [2.05, 4.69) is 15.3 Å². The third-order valence-electron chi connectivity index (χ3n) is 3.88. The van der Waals surface area contributed by atoms with Gasteiger partial charge in [-0.3, -0.25) is 0 Å². The number of anilines is 1. The van der Waals surface area contributed by atoms with E-state index in [9.17, 15) is 9.18 Å². The third-order valence-corrected chi connectivity index (χ3v) is 3.88. The molecule has 1 aliphatic rings. The van der Waals surface area contributed by atoms with Gasteiger partial charge in [0.25, 0.3) is 0 Å². The van der Waals surface area contributed by atoms with E-state index in [-0.39, 0.29) is 17.8 Å². The maximum Gasteiger partial charge on any atom is 0.321 e. The van der Waals surface area contributed by atoms with Crippen molar-refractivity contribution in [2.24, 2.45) is 0 Å². The number of carbonyl (C=O) groups is 1. The lowest BCUT2D eigenvalue weighted by Crippen LogP contribution is -2.43. The molecule has 2 amide bonds. The van der Waals surface area contributed by atoms with Gasteiger partial charge in [0.2, 0.25) is 5.88 Å². The van der Waals surface area contributed by atoms with Gasteiger partial charge < -0.3 is 15.0 Å². The monoisotopic (exact) mass is 330 g/mol. The molecule has 0 saturated carbocycles. The van der Waals surface area contributed by atoms with Crippen LogP contribution >= 0.6 is 0 Å². The van der Waals surface area contributed by atoms with Crippen molar-refractivity contribution in [1.82, 2.24) is 14.9 Å². The summed E-state index contributed by atoms with van der Waals surface area (Å²) in [6, 6.07) is 7.56. The van der Waals surface area contributed by atoms with Crippen molar-refractivity contribution >= 4 is 11.7 Å². The Labute approximate surface area is 139 Å². The average molecular weight is 330 g/mol. The van der Waals surface area contributed by atoms with Gasteiger partial charge in [0.05, 0.1) is 5.69 Å². The summed E-state index contributed by atoms with van der Waals surface area (Å²) in [5.41, 5.74) is 0.192. The second kappa shape index (κ2) is 7.25. The van der Waals surface area contributed by atoms with Crippen LogP contribution in [0.4, 0.5) is 14.9 Å². The van der Waals surface area contributed by atoms with Crippen LogP contribution in [0.5, 0.6) is 5.88 Å². The first-order valence-corrected chi connectivity index (χ1v) is 7.88. The molecule has 24 heavy (non-hydrogen) atoms. The van der Waals surface area contributed by atoms with Gasteiger partial charge in [-0.05, 0) is 19.1 Å². The Morgan fingerprint density at radius 2 is 2.04 bits per heavy atom. The first-order chi connectivity index (χ1) is 11.6. The molecule has 1 saturated heterocycles. The van der Waals surface area contributed by atoms with E-state index in [1.165, 1.54) is 6.07 Å². The molecule has 0 bridgehead atoms. The number of halogens is 1. The van der Waals surface area contributed by atoms with Crippen LogP contribution in [0.3, 0.4) is 0 Å². The molecule has 2 heterocycles. The largest absolute Gasteiger partial charge is 0.474 e. The molecule has 126 valence electrons. The minimum absolute atomic E-state index is 0.0109. The number of benzene rings is 1. The fourth-order valence-electron chi connectivity index (χ4n) is 2.60. The zero-order valence-corrected chi connectivity index (χ0v) is 13.4. The number of urea groups is 1. The van der Waals surface area contributed by atoms with E-state index in [1.54, 1.807) is 35.4 Å². The predicted octanol–water partition coefficient (Wildman–Crippen LogP) is 3.00. The second-order valence-electron chi connectivity index (χ2n) is 5.66. The van der Waals surface area contributed by atoms with E-state index in [4.69, 9.17) is 4.74 Å². The number of amides is 2. The fourth-order valence-corrected chi connectivity index (χ4v) is 2.60. The first kappa shape index (κ1) is 16.2. The molecule has 2 aromatic rings. The maximum atomic E-state index is 13.6. The molecule has 0 spiro atoms. The van der Waals surface area contributed by atoms with Gasteiger partial charge in [-0.2, -0.15) is 4.98 Å². The Morgan fingerprint density at radius 3 is 2.75 bits per heavy atom. The molecule has 7 heteroatoms. The van der Waals surface area contributed by atoms with Gasteiger partial charge in [-0.25, -0.2) is 14.2 Å². The van der Waals surface area contributed by atoms with Gasteiger partial charge >= 0.3 is 6.03 Å². The SMILES string of the molecule is Cc1nccc(OC2CCN(C(=O)Nc3ccccc3F)CC2)n1. The first-order valence-electron chi connectivity index (χ1n) is 7.88. The number of likely N-dealkylation sites (tertiary alicyclic amines) is 1. The number of nitrogens with zero attached hydrogens (tertiary/aromatic N) is 3. The maximum absolute atomic E-state index is 13.6. The lowest BCUT2D eigenvalue weighted by molar-refractivity contribution is 0.111. The number of piperidine rings is 1. The van der Waals surface area contributed by atoms with Crippen LogP contribution in [0.25, 0.3) is 0 Å². The zero-order chi connectivity index (χ0) is 16.9. The Balaban J connectivity index is 1.51. The topological polar surface area (TPSA) is 67.3 Å². The van der Waals surface area contributed by atoms with Crippen LogP contribution in [-0.4, -0.2) is 40.1 Å². The van der Waals surface area contributed by atoms with Gasteiger partial charge in [-0.1, -0.05) is 12.1 Å². The molecule has 1 aromatic carbocycles. The summed E-state index contributed by atoms with van der Waals surface area (Å²) in [5.74, 6) is 0.772. The fraction of sp³-hybridized carbons (Fsp3) is 0.353. The highest BCUT2D eigenvalue weighted by atomic mass is 19.1. The van der Waals surface area contributed by atoms with Crippen LogP contribution in [0, 0.1) is 12.7 Å². The normalized spacial score (nSPS) is 15.2. The molecule has 1 aliphatic heterocycles. The molecule has 0 unspecified atom stereocenters. The number of hydrogen-bond donors (Lipinski definition) is 1. The standard InChI is InChI=1S/C17H19FN4O2/c1-12-19-9-6-16(20-12)24-13-7-10-22(11-8-13)17(23)21-15-5-3-2-4-14(15)18/h2-6,9,13H,7-8,10-11H2,1H3,(H,21,23). The Kier molecular flexibility index (Phi) is 4.88. The molecule has 1 aromatic heterocycles. The third kappa shape index (κ3) is 3.98. The predicted molar refractivity (Wildman–Crippen MR) is 87.4 cm³/mol. The number of ether oxygens (including phenoxy) is 1. The smallest absolute Gasteiger partial charge is 0.321 e. The van der Waals surface area contributed by atoms with Crippen LogP contribution in [0.1, 0.15) is 18.7 Å². The van der Waals surface area contributed by atoms with E-state index in [0.717, 1.165) is 0 Å². The summed E-state index contributed by atoms with van der Waals surface area (Å²) in [6.07, 6.45) is 3.08. The van der Waals surface area contributed by atoms with Gasteiger partial charge in [0.1, 0.15) is 17.7 Å². The summed E-state index contributed by atoms with van der Waals surface area (Å²) in [6.45, 7) is 2.91. The number of aryl methyl sites for hydroxylation is 1. The molecule has 1 fully saturated rings. The zero-order valence-electron chi connectivity index (χ0n) is 13.4. The minimum atomic E-state index is -0.441. The number of carbonyl (C=O) groups excluding carboxylic acids is 1. The molecule has 1 N–H and O–H groups in total. The van der Waals surface area contributed by atoms with E-state index in [0.29, 0.717) is 37.6 Å². The van der Waals surface area contributed by atoms with Crippen LogP contribution in [-0.2, 0) is 0 Å². The molecule has 3 rings (SSSR count). The van der Waals surface area contributed by atoms with Crippen molar-refractivity contribution in [3.63, 3.8) is 0 Å². The minimum Gasteiger partial charge on any atom is -0.474 e. The summed E-state index contributed by atoms with van der Waals surface area (Å²) < 4.78 is 19.4. The Hall–Kier alpha value is -2.70. The second-order valence-corrected chi connectivity index (χ2v) is 5.66. The van der Waals surface area contributed by atoms with Crippen molar-refractivity contribution in [3.05, 3.63) is 48.2 Å². The number of para-hydroxylation sites is 1. The summed E-state index contributed by atoms with van der Waals surface area (Å²) >= 11 is 0. The van der Waals surface area contributed by atoms with E-state index < -0.39 is 5.82 Å². The number of nitrogens with one attached hydrogen (secondary N) is 1. The van der Waals surface area contributed by atoms with Gasteiger partial charge in [0, 0.05) is 38.2 Å². The summed E-state index contributed by atoms with van der Waals surface area (Å²) in [7, 11) is 0. The number of aromatic nitrogens is 2. The van der Waals surface area contributed by atoms with E-state index in [1.807, 2.05) is 6.92 Å². The highest BCUT2D eigenvalue weighted by Crippen LogP contribution is 2.19. The molecule has 0 aliphatic carbocycles. The summed E-state index contributed by atoms with van der Waals surface area (Å²) in [5, 5.41) is 2.60. The van der Waals surface area contributed by atoms with Crippen LogP contribution < -0.4 is 10.1 Å². The van der Waals surface area contributed by atoms with Crippen molar-refractivity contribution < 1.29 is 13.9 Å². The quantitative estimate of drug-likeness (QED) is 0.939. The van der Waals surface area contributed by atoms with Gasteiger partial charge in [-0.15, -0.1) is 0 Å². The van der Waals surface area contributed by atoms with Crippen molar-refractivity contribution in [2.45, 2.75) is 25.9 Å². The van der Waals surface area contributed by atoms with Crippen LogP contribution in [0.2, 0.25) is 0 Å². The lowest BCUT2D eigenvalue weighted by atomic mass is 10.1. The van der Waals surface area contributed by atoms with Crippen molar-refractivity contribution in [3.8, 4) is 5.88 Å². The Bertz CT molecular complexity index is 717. The number of hydrogen-bond acceptors (Lipinski definition) is 4. The molecule has 0 radical (unpaired) electrons. The van der Waals surface area contributed by atoms with Crippen molar-refractivity contribution in [1.29, 1.82) is 0 Å². The summed E-state index contributed by atoms with van der Waals surface area (Å²) in [4.78, 5) is 22.1.